The van der Waals surface area contributed by atoms with Crippen LogP contribution in [0, 0.1) is 0 Å². The van der Waals surface area contributed by atoms with E-state index >= 15 is 0 Å². The second kappa shape index (κ2) is 3.22. The second-order valence-corrected chi connectivity index (χ2v) is 4.73. The lowest BCUT2D eigenvalue weighted by molar-refractivity contribution is 0.0986. The SMILES string of the molecule is CCC(=O)c1cc2n3c1CCC[C@@H]3CC2. The fraction of sp³-hybridized carbons (Fsp3) is 0.615. The third-order valence-electron chi connectivity index (χ3n) is 3.89. The molecule has 0 spiro atoms. The molecule has 0 saturated heterocycles. The van der Waals surface area contributed by atoms with Crippen LogP contribution in [0.25, 0.3) is 0 Å². The molecule has 1 aromatic heterocycles. The predicted octanol–water partition coefficient (Wildman–Crippen LogP) is 2.90. The molecule has 0 fully saturated rings. The third-order valence-corrected chi connectivity index (χ3v) is 3.89. The van der Waals surface area contributed by atoms with Crippen molar-refractivity contribution in [2.75, 3.05) is 0 Å². The van der Waals surface area contributed by atoms with Crippen molar-refractivity contribution in [3.05, 3.63) is 23.0 Å². The van der Waals surface area contributed by atoms with Crippen molar-refractivity contribution in [2.24, 2.45) is 0 Å². The van der Waals surface area contributed by atoms with Gasteiger partial charge in [0, 0.05) is 29.4 Å². The Morgan fingerprint density at radius 3 is 3.13 bits per heavy atom. The number of aryl methyl sites for hydroxylation is 1. The zero-order chi connectivity index (χ0) is 10.4. The van der Waals surface area contributed by atoms with Crippen LogP contribution >= 0.6 is 0 Å². The van der Waals surface area contributed by atoms with Crippen LogP contribution < -0.4 is 0 Å². The number of aromatic nitrogens is 1. The smallest absolute Gasteiger partial charge is 0.164 e. The molecule has 0 aromatic carbocycles. The summed E-state index contributed by atoms with van der Waals surface area (Å²) < 4.78 is 2.46. The summed E-state index contributed by atoms with van der Waals surface area (Å²) >= 11 is 0. The maximum absolute atomic E-state index is 11.8. The second-order valence-electron chi connectivity index (χ2n) is 4.73. The van der Waals surface area contributed by atoms with Crippen molar-refractivity contribution >= 4 is 5.78 Å². The van der Waals surface area contributed by atoms with Gasteiger partial charge in [-0.25, -0.2) is 0 Å². The van der Waals surface area contributed by atoms with E-state index in [0.29, 0.717) is 18.2 Å². The molecular weight excluding hydrogens is 186 g/mol. The molecule has 80 valence electrons. The summed E-state index contributed by atoms with van der Waals surface area (Å²) in [5.74, 6) is 0.326. The van der Waals surface area contributed by atoms with Crippen molar-refractivity contribution in [3.8, 4) is 0 Å². The Morgan fingerprint density at radius 2 is 2.33 bits per heavy atom. The van der Waals surface area contributed by atoms with Crippen LogP contribution in [-0.2, 0) is 12.8 Å². The summed E-state index contributed by atoms with van der Waals surface area (Å²) in [5.41, 5.74) is 3.77. The molecule has 3 rings (SSSR count). The van der Waals surface area contributed by atoms with Crippen LogP contribution in [0.5, 0.6) is 0 Å². The summed E-state index contributed by atoms with van der Waals surface area (Å²) in [5, 5.41) is 0. The number of carbonyl (C=O) groups excluding carboxylic acids is 1. The number of rotatable bonds is 2. The Bertz CT molecular complexity index is 416. The van der Waals surface area contributed by atoms with Gasteiger partial charge in [-0.05, 0) is 38.2 Å². The van der Waals surface area contributed by atoms with Crippen LogP contribution in [0.3, 0.4) is 0 Å². The fourth-order valence-corrected chi connectivity index (χ4v) is 3.18. The van der Waals surface area contributed by atoms with E-state index in [-0.39, 0.29) is 0 Å². The van der Waals surface area contributed by atoms with Crippen LogP contribution in [0.15, 0.2) is 6.07 Å². The van der Waals surface area contributed by atoms with Crippen LogP contribution in [0.1, 0.15) is 60.4 Å². The summed E-state index contributed by atoms with van der Waals surface area (Å²) in [4.78, 5) is 11.8. The van der Waals surface area contributed by atoms with Crippen LogP contribution in [-0.4, -0.2) is 10.4 Å². The van der Waals surface area contributed by atoms with Gasteiger partial charge < -0.3 is 4.57 Å². The highest BCUT2D eigenvalue weighted by Crippen LogP contribution is 2.38. The molecule has 2 aliphatic rings. The van der Waals surface area contributed by atoms with Crippen LogP contribution in [0.2, 0.25) is 0 Å². The minimum Gasteiger partial charge on any atom is -0.345 e. The van der Waals surface area contributed by atoms with Crippen LogP contribution in [0.4, 0.5) is 0 Å². The molecule has 1 atom stereocenters. The first kappa shape index (κ1) is 9.20. The Hall–Kier alpha value is -1.05. The van der Waals surface area contributed by atoms with E-state index in [0.717, 1.165) is 12.0 Å². The number of carbonyl (C=O) groups is 1. The zero-order valence-corrected chi connectivity index (χ0v) is 9.25. The minimum atomic E-state index is 0.326. The highest BCUT2D eigenvalue weighted by molar-refractivity contribution is 5.97. The standard InChI is InChI=1S/C13H17NO/c1-2-13(15)11-8-10-7-6-9-4-3-5-12(11)14(9)10/h8-9H,2-7H2,1H3/t9-/m1/s1. The fourth-order valence-electron chi connectivity index (χ4n) is 3.18. The molecule has 15 heavy (non-hydrogen) atoms. The lowest BCUT2D eigenvalue weighted by atomic mass is 9.97. The monoisotopic (exact) mass is 203 g/mol. The van der Waals surface area contributed by atoms with Gasteiger partial charge in [0.25, 0.3) is 0 Å². The normalized spacial score (nSPS) is 22.9. The first-order chi connectivity index (χ1) is 7.31. The zero-order valence-electron chi connectivity index (χ0n) is 9.25. The number of nitrogens with zero attached hydrogens (tertiary/aromatic N) is 1. The van der Waals surface area contributed by atoms with Gasteiger partial charge >= 0.3 is 0 Å². The molecule has 2 aliphatic heterocycles. The third kappa shape index (κ3) is 1.20. The van der Waals surface area contributed by atoms with Gasteiger partial charge in [-0.1, -0.05) is 6.92 Å². The number of ketones is 1. The Kier molecular flexibility index (Phi) is 1.98. The molecule has 2 heteroatoms. The van der Waals surface area contributed by atoms with Gasteiger partial charge in [0.15, 0.2) is 5.78 Å². The predicted molar refractivity (Wildman–Crippen MR) is 59.3 cm³/mol. The van der Waals surface area contributed by atoms with Crippen molar-refractivity contribution in [3.63, 3.8) is 0 Å². The van der Waals surface area contributed by atoms with E-state index in [2.05, 4.69) is 10.6 Å². The Balaban J connectivity index is 2.12. The van der Waals surface area contributed by atoms with E-state index in [4.69, 9.17) is 0 Å². The molecule has 0 aliphatic carbocycles. The molecule has 0 amide bonds. The van der Waals surface area contributed by atoms with Crippen molar-refractivity contribution in [1.82, 2.24) is 4.57 Å². The summed E-state index contributed by atoms with van der Waals surface area (Å²) in [7, 11) is 0. The quantitative estimate of drug-likeness (QED) is 0.677. The number of Topliss-reactive ketones (excluding diaryl/α,β-unsaturated/α-hetero) is 1. The molecule has 0 radical (unpaired) electrons. The molecule has 3 heterocycles. The molecule has 0 bridgehead atoms. The van der Waals surface area contributed by atoms with Crippen molar-refractivity contribution in [1.29, 1.82) is 0 Å². The van der Waals surface area contributed by atoms with Gasteiger partial charge in [0.1, 0.15) is 0 Å². The van der Waals surface area contributed by atoms with E-state index in [1.165, 1.54) is 37.1 Å². The largest absolute Gasteiger partial charge is 0.345 e. The van der Waals surface area contributed by atoms with E-state index in [1.807, 2.05) is 6.92 Å². The van der Waals surface area contributed by atoms with E-state index in [1.54, 1.807) is 0 Å². The van der Waals surface area contributed by atoms with Gasteiger partial charge in [-0.3, -0.25) is 4.79 Å². The molecular formula is C13H17NO. The molecule has 0 N–H and O–H groups in total. The average Bonchev–Trinajstić information content (AvgIpc) is 2.84. The lowest BCUT2D eigenvalue weighted by Crippen LogP contribution is -2.16. The molecule has 2 nitrogen and oxygen atoms in total. The van der Waals surface area contributed by atoms with Crippen molar-refractivity contribution < 1.29 is 4.79 Å². The van der Waals surface area contributed by atoms with E-state index < -0.39 is 0 Å². The number of hydrogen-bond donors (Lipinski definition) is 0. The topological polar surface area (TPSA) is 22.0 Å². The number of hydrogen-bond acceptors (Lipinski definition) is 1. The maximum Gasteiger partial charge on any atom is 0.164 e. The highest BCUT2D eigenvalue weighted by atomic mass is 16.1. The summed E-state index contributed by atoms with van der Waals surface area (Å²) in [6.07, 6.45) is 6.79. The van der Waals surface area contributed by atoms with E-state index in [9.17, 15) is 4.79 Å². The highest BCUT2D eigenvalue weighted by Gasteiger charge is 2.31. The first-order valence-corrected chi connectivity index (χ1v) is 6.07. The summed E-state index contributed by atoms with van der Waals surface area (Å²) in [6.45, 7) is 1.96. The minimum absolute atomic E-state index is 0.326. The maximum atomic E-state index is 11.8. The van der Waals surface area contributed by atoms with Gasteiger partial charge in [0.05, 0.1) is 0 Å². The average molecular weight is 203 g/mol. The van der Waals surface area contributed by atoms with Gasteiger partial charge in [-0.2, -0.15) is 0 Å². The molecule has 0 unspecified atom stereocenters. The first-order valence-electron chi connectivity index (χ1n) is 6.07. The van der Waals surface area contributed by atoms with Gasteiger partial charge in [-0.15, -0.1) is 0 Å². The molecule has 0 saturated carbocycles. The molecule has 1 aromatic rings. The van der Waals surface area contributed by atoms with Crippen molar-refractivity contribution in [2.45, 2.75) is 51.5 Å². The summed E-state index contributed by atoms with van der Waals surface area (Å²) in [6, 6.07) is 2.87. The Morgan fingerprint density at radius 1 is 1.47 bits per heavy atom. The van der Waals surface area contributed by atoms with Gasteiger partial charge in [0.2, 0.25) is 0 Å². The Labute approximate surface area is 90.3 Å². The lowest BCUT2D eigenvalue weighted by Gasteiger charge is -2.23.